The highest BCUT2D eigenvalue weighted by Crippen LogP contribution is 2.13. The summed E-state index contributed by atoms with van der Waals surface area (Å²) in [5.41, 5.74) is 6.84. The fourth-order valence-electron chi connectivity index (χ4n) is 1.77. The van der Waals surface area contributed by atoms with Gasteiger partial charge in [0, 0.05) is 19.2 Å². The molecule has 96 valence electrons. The van der Waals surface area contributed by atoms with Crippen molar-refractivity contribution in [2.24, 2.45) is 0 Å². The van der Waals surface area contributed by atoms with E-state index in [4.69, 9.17) is 10.5 Å². The van der Waals surface area contributed by atoms with Gasteiger partial charge in [0.05, 0.1) is 6.61 Å². The average Bonchev–Trinajstić information content (AvgIpc) is 2.81. The summed E-state index contributed by atoms with van der Waals surface area (Å²) in [5, 5.41) is 4.12. The number of hydrogen-bond acceptors (Lipinski definition) is 3. The van der Waals surface area contributed by atoms with Crippen LogP contribution in [0.1, 0.15) is 18.9 Å². The van der Waals surface area contributed by atoms with Crippen molar-refractivity contribution in [3.05, 3.63) is 42.1 Å². The third kappa shape index (κ3) is 3.52. The monoisotopic (exact) mass is 245 g/mol. The summed E-state index contributed by atoms with van der Waals surface area (Å²) in [7, 11) is 0. The molecule has 0 radical (unpaired) electrons. The van der Waals surface area contributed by atoms with E-state index < -0.39 is 0 Å². The Kier molecular flexibility index (Phi) is 4.23. The van der Waals surface area contributed by atoms with Crippen molar-refractivity contribution in [2.75, 3.05) is 12.3 Å². The summed E-state index contributed by atoms with van der Waals surface area (Å²) < 4.78 is 7.54. The van der Waals surface area contributed by atoms with Crippen LogP contribution in [-0.4, -0.2) is 16.4 Å². The Bertz CT molecular complexity index is 493. The van der Waals surface area contributed by atoms with Gasteiger partial charge in [0.1, 0.15) is 11.6 Å². The van der Waals surface area contributed by atoms with Crippen molar-refractivity contribution >= 4 is 5.82 Å². The third-order valence-corrected chi connectivity index (χ3v) is 2.77. The van der Waals surface area contributed by atoms with Gasteiger partial charge in [-0.1, -0.05) is 19.1 Å². The molecule has 2 N–H and O–H groups in total. The summed E-state index contributed by atoms with van der Waals surface area (Å²) in [4.78, 5) is 0. The molecular weight excluding hydrogens is 226 g/mol. The van der Waals surface area contributed by atoms with Gasteiger partial charge in [0.25, 0.3) is 0 Å². The third-order valence-electron chi connectivity index (χ3n) is 2.77. The minimum atomic E-state index is 0.562. The molecule has 2 aromatic rings. The van der Waals surface area contributed by atoms with Crippen molar-refractivity contribution in [3.8, 4) is 5.75 Å². The lowest BCUT2D eigenvalue weighted by Gasteiger charge is -2.07. The highest BCUT2D eigenvalue weighted by atomic mass is 16.5. The predicted molar refractivity (Wildman–Crippen MR) is 72.6 cm³/mol. The molecule has 0 saturated heterocycles. The molecule has 0 fully saturated rings. The van der Waals surface area contributed by atoms with Crippen LogP contribution in [-0.2, 0) is 13.0 Å². The number of benzene rings is 1. The predicted octanol–water partition coefficient (Wildman–Crippen LogP) is 2.50. The van der Waals surface area contributed by atoms with E-state index in [9.17, 15) is 0 Å². The maximum atomic E-state index is 5.70. The average molecular weight is 245 g/mol. The molecule has 0 spiro atoms. The fraction of sp³-hybridized carbons (Fsp3) is 0.357. The Balaban J connectivity index is 1.74. The first kappa shape index (κ1) is 12.5. The minimum Gasteiger partial charge on any atom is -0.494 e. The van der Waals surface area contributed by atoms with Crippen LogP contribution in [0.25, 0.3) is 0 Å². The molecule has 0 aliphatic heterocycles. The van der Waals surface area contributed by atoms with Crippen LogP contribution in [0.5, 0.6) is 5.75 Å². The number of ether oxygens (including phenoxy) is 1. The molecule has 0 amide bonds. The van der Waals surface area contributed by atoms with Crippen molar-refractivity contribution in [1.82, 2.24) is 9.78 Å². The van der Waals surface area contributed by atoms with Crippen molar-refractivity contribution < 1.29 is 4.74 Å². The highest BCUT2D eigenvalue weighted by Gasteiger charge is 1.97. The topological polar surface area (TPSA) is 53.1 Å². The number of anilines is 1. The quantitative estimate of drug-likeness (QED) is 0.795. The molecule has 1 aromatic heterocycles. The van der Waals surface area contributed by atoms with Crippen LogP contribution in [0.3, 0.4) is 0 Å². The maximum Gasteiger partial charge on any atom is 0.145 e. The van der Waals surface area contributed by atoms with E-state index in [-0.39, 0.29) is 0 Å². The van der Waals surface area contributed by atoms with Gasteiger partial charge in [0.2, 0.25) is 0 Å². The van der Waals surface area contributed by atoms with E-state index >= 15 is 0 Å². The van der Waals surface area contributed by atoms with Crippen LogP contribution < -0.4 is 10.5 Å². The van der Waals surface area contributed by atoms with Gasteiger partial charge in [-0.15, -0.1) is 0 Å². The Labute approximate surface area is 107 Å². The number of nitrogens with two attached hydrogens (primary N) is 1. The van der Waals surface area contributed by atoms with Crippen LogP contribution >= 0.6 is 0 Å². The minimum absolute atomic E-state index is 0.562. The molecular formula is C14H19N3O. The summed E-state index contributed by atoms with van der Waals surface area (Å²) in [5.74, 6) is 1.50. The van der Waals surface area contributed by atoms with E-state index in [0.717, 1.165) is 25.1 Å². The highest BCUT2D eigenvalue weighted by molar-refractivity contribution is 5.28. The first-order chi connectivity index (χ1) is 8.78. The summed E-state index contributed by atoms with van der Waals surface area (Å²) in [6, 6.07) is 10.0. The van der Waals surface area contributed by atoms with Crippen LogP contribution in [0, 0.1) is 0 Å². The van der Waals surface area contributed by atoms with Gasteiger partial charge in [-0.3, -0.25) is 4.68 Å². The molecule has 0 aliphatic rings. The Morgan fingerprint density at radius 2 is 2.22 bits per heavy atom. The second-order valence-corrected chi connectivity index (χ2v) is 4.21. The van der Waals surface area contributed by atoms with Gasteiger partial charge in [0.15, 0.2) is 0 Å². The molecule has 0 atom stereocenters. The molecule has 1 heterocycles. The normalized spacial score (nSPS) is 10.5. The first-order valence-electron chi connectivity index (χ1n) is 6.28. The van der Waals surface area contributed by atoms with Crippen LogP contribution in [0.2, 0.25) is 0 Å². The lowest BCUT2D eigenvalue weighted by atomic mass is 10.2. The first-order valence-corrected chi connectivity index (χ1v) is 6.28. The number of aromatic nitrogens is 2. The number of aryl methyl sites for hydroxylation is 2. The van der Waals surface area contributed by atoms with Crippen molar-refractivity contribution in [1.29, 1.82) is 0 Å². The van der Waals surface area contributed by atoms with E-state index in [1.54, 1.807) is 6.07 Å². The maximum absolute atomic E-state index is 5.70. The molecule has 0 saturated carbocycles. The van der Waals surface area contributed by atoms with Crippen molar-refractivity contribution in [2.45, 2.75) is 26.3 Å². The zero-order chi connectivity index (χ0) is 12.8. The van der Waals surface area contributed by atoms with E-state index in [1.807, 2.05) is 23.0 Å². The zero-order valence-corrected chi connectivity index (χ0v) is 10.7. The molecule has 4 nitrogen and oxygen atoms in total. The molecule has 1 aromatic carbocycles. The summed E-state index contributed by atoms with van der Waals surface area (Å²) in [6.07, 6.45) is 3.83. The second-order valence-electron chi connectivity index (χ2n) is 4.21. The summed E-state index contributed by atoms with van der Waals surface area (Å²) >= 11 is 0. The van der Waals surface area contributed by atoms with Gasteiger partial charge in [-0.25, -0.2) is 0 Å². The lowest BCUT2D eigenvalue weighted by molar-refractivity contribution is 0.298. The molecule has 2 rings (SSSR count). The molecule has 0 aliphatic carbocycles. The summed E-state index contributed by atoms with van der Waals surface area (Å²) in [6.45, 7) is 3.65. The number of nitrogen functional groups attached to an aromatic ring is 1. The van der Waals surface area contributed by atoms with Crippen molar-refractivity contribution in [3.63, 3.8) is 0 Å². The van der Waals surface area contributed by atoms with Gasteiger partial charge in [-0.05, 0) is 30.2 Å². The largest absolute Gasteiger partial charge is 0.494 e. The SMILES string of the molecule is CCc1cccc(OCCCn2ccc(N)n2)c1. The smallest absolute Gasteiger partial charge is 0.145 e. The number of rotatable bonds is 6. The van der Waals surface area contributed by atoms with Gasteiger partial charge < -0.3 is 10.5 Å². The molecule has 4 heteroatoms. The molecule has 0 bridgehead atoms. The van der Waals surface area contributed by atoms with E-state index in [1.165, 1.54) is 5.56 Å². The Morgan fingerprint density at radius 3 is 2.94 bits per heavy atom. The lowest BCUT2D eigenvalue weighted by Crippen LogP contribution is -2.05. The molecule has 18 heavy (non-hydrogen) atoms. The Morgan fingerprint density at radius 1 is 1.33 bits per heavy atom. The Hall–Kier alpha value is -1.97. The van der Waals surface area contributed by atoms with Crippen LogP contribution in [0.4, 0.5) is 5.82 Å². The standard InChI is InChI=1S/C14H19N3O/c1-2-12-5-3-6-13(11-12)18-10-4-8-17-9-7-14(15)16-17/h3,5-7,9,11H,2,4,8,10H2,1H3,(H2,15,16). The van der Waals surface area contributed by atoms with Gasteiger partial charge >= 0.3 is 0 Å². The van der Waals surface area contributed by atoms with E-state index in [2.05, 4.69) is 24.2 Å². The number of nitrogens with zero attached hydrogens (tertiary/aromatic N) is 2. The fourth-order valence-corrected chi connectivity index (χ4v) is 1.77. The van der Waals surface area contributed by atoms with Crippen LogP contribution in [0.15, 0.2) is 36.5 Å². The van der Waals surface area contributed by atoms with Gasteiger partial charge in [-0.2, -0.15) is 5.10 Å². The number of hydrogen-bond donors (Lipinski definition) is 1. The second kappa shape index (κ2) is 6.10. The zero-order valence-electron chi connectivity index (χ0n) is 10.7. The molecule has 0 unspecified atom stereocenters. The van der Waals surface area contributed by atoms with E-state index in [0.29, 0.717) is 12.4 Å².